The van der Waals surface area contributed by atoms with Crippen LogP contribution in [0.15, 0.2) is 36.4 Å². The number of carbonyl (C=O) groups excluding carboxylic acids is 1. The fourth-order valence-corrected chi connectivity index (χ4v) is 3.05. The van der Waals surface area contributed by atoms with E-state index in [9.17, 15) is 13.6 Å². The van der Waals surface area contributed by atoms with E-state index in [4.69, 9.17) is 5.73 Å². The molecule has 1 unspecified atom stereocenters. The van der Waals surface area contributed by atoms with Crippen LogP contribution in [0.1, 0.15) is 18.9 Å². The van der Waals surface area contributed by atoms with Gasteiger partial charge in [0.1, 0.15) is 17.7 Å². The quantitative estimate of drug-likeness (QED) is 0.812. The van der Waals surface area contributed by atoms with Crippen LogP contribution in [-0.2, 0) is 11.2 Å². The van der Waals surface area contributed by atoms with Crippen molar-refractivity contribution in [2.24, 2.45) is 0 Å². The second-order valence-corrected chi connectivity index (χ2v) is 5.93. The highest BCUT2D eigenvalue weighted by atomic mass is 35.5. The topological polar surface area (TPSA) is 58.4 Å². The molecule has 0 radical (unpaired) electrons. The zero-order valence-electron chi connectivity index (χ0n) is 13.8. The maximum atomic E-state index is 13.7. The van der Waals surface area contributed by atoms with Crippen molar-refractivity contribution >= 4 is 35.4 Å². The van der Waals surface area contributed by atoms with Crippen molar-refractivity contribution in [3.63, 3.8) is 0 Å². The van der Waals surface area contributed by atoms with E-state index in [1.54, 1.807) is 6.92 Å². The van der Waals surface area contributed by atoms with Crippen molar-refractivity contribution < 1.29 is 13.6 Å². The Balaban J connectivity index is 0.00000225. The minimum atomic E-state index is -0.666. The summed E-state index contributed by atoms with van der Waals surface area (Å²) < 4.78 is 27.0. The number of carbonyl (C=O) groups is 1. The predicted octanol–water partition coefficient (Wildman–Crippen LogP) is 3.75. The highest BCUT2D eigenvalue weighted by Gasteiger charge is 2.27. The number of halogens is 3. The molecule has 3 N–H and O–H groups in total. The van der Waals surface area contributed by atoms with E-state index >= 15 is 0 Å². The molecule has 0 aromatic heterocycles. The van der Waals surface area contributed by atoms with Gasteiger partial charge >= 0.3 is 0 Å². The first-order chi connectivity index (χ1) is 11.5. The lowest BCUT2D eigenvalue weighted by molar-refractivity contribution is -0.117. The molecule has 25 heavy (non-hydrogen) atoms. The Kier molecular flexibility index (Phi) is 5.85. The summed E-state index contributed by atoms with van der Waals surface area (Å²) in [4.78, 5) is 14.4. The van der Waals surface area contributed by atoms with Crippen molar-refractivity contribution in [3.8, 4) is 0 Å². The summed E-state index contributed by atoms with van der Waals surface area (Å²) in [7, 11) is 0. The summed E-state index contributed by atoms with van der Waals surface area (Å²) in [6, 6.07) is 8.07. The summed E-state index contributed by atoms with van der Waals surface area (Å²) >= 11 is 0. The second kappa shape index (κ2) is 7.70. The van der Waals surface area contributed by atoms with E-state index in [1.807, 2.05) is 23.1 Å². The summed E-state index contributed by atoms with van der Waals surface area (Å²) in [5.41, 5.74) is 8.52. The van der Waals surface area contributed by atoms with E-state index in [0.717, 1.165) is 42.3 Å². The highest BCUT2D eigenvalue weighted by molar-refractivity contribution is 5.97. The van der Waals surface area contributed by atoms with Crippen molar-refractivity contribution in [2.75, 3.05) is 22.5 Å². The van der Waals surface area contributed by atoms with Gasteiger partial charge in [-0.2, -0.15) is 0 Å². The van der Waals surface area contributed by atoms with E-state index in [1.165, 1.54) is 0 Å². The van der Waals surface area contributed by atoms with Gasteiger partial charge in [-0.15, -0.1) is 12.4 Å². The normalized spacial score (nSPS) is 14.3. The number of hydrogen-bond donors (Lipinski definition) is 2. The molecule has 7 heteroatoms. The van der Waals surface area contributed by atoms with Gasteiger partial charge in [-0.1, -0.05) is 6.07 Å². The molecule has 0 spiro atoms. The fourth-order valence-electron chi connectivity index (χ4n) is 3.05. The molecule has 0 bridgehead atoms. The van der Waals surface area contributed by atoms with Crippen LogP contribution >= 0.6 is 12.4 Å². The van der Waals surface area contributed by atoms with Gasteiger partial charge in [-0.3, -0.25) is 4.79 Å². The Hall–Kier alpha value is -2.34. The van der Waals surface area contributed by atoms with Crippen LogP contribution in [0.4, 0.5) is 25.8 Å². The Bertz CT molecular complexity index is 785. The van der Waals surface area contributed by atoms with Gasteiger partial charge in [-0.25, -0.2) is 8.78 Å². The molecule has 2 aromatic rings. The first kappa shape index (κ1) is 19.0. The molecule has 1 heterocycles. The average Bonchev–Trinajstić information content (AvgIpc) is 2.57. The van der Waals surface area contributed by atoms with E-state index < -0.39 is 23.6 Å². The lowest BCUT2D eigenvalue weighted by atomic mass is 9.98. The third-order valence-corrected chi connectivity index (χ3v) is 4.36. The van der Waals surface area contributed by atoms with Crippen LogP contribution in [0, 0.1) is 11.6 Å². The molecule has 2 aromatic carbocycles. The smallest absolute Gasteiger partial charge is 0.246 e. The molecule has 1 atom stereocenters. The van der Waals surface area contributed by atoms with Crippen molar-refractivity contribution in [1.82, 2.24) is 0 Å². The molecule has 0 saturated carbocycles. The number of benzene rings is 2. The third-order valence-electron chi connectivity index (χ3n) is 4.36. The molecule has 1 aliphatic rings. The Labute approximate surface area is 151 Å². The molecule has 0 fully saturated rings. The van der Waals surface area contributed by atoms with Gasteiger partial charge in [0.25, 0.3) is 0 Å². The van der Waals surface area contributed by atoms with Gasteiger partial charge in [-0.05, 0) is 49.6 Å². The first-order valence-corrected chi connectivity index (χ1v) is 7.87. The van der Waals surface area contributed by atoms with Crippen LogP contribution < -0.4 is 16.0 Å². The molecule has 1 aliphatic heterocycles. The maximum absolute atomic E-state index is 13.7. The van der Waals surface area contributed by atoms with Gasteiger partial charge < -0.3 is 16.0 Å². The molecule has 3 rings (SSSR count). The summed E-state index contributed by atoms with van der Waals surface area (Å²) in [6.07, 6.45) is 1.75. The Morgan fingerprint density at radius 2 is 2.04 bits per heavy atom. The molecular weight excluding hydrogens is 348 g/mol. The SMILES string of the molecule is CC(C(=O)Nc1cc(F)ccc1F)N1CCCc2c(N)cccc21.Cl. The highest BCUT2D eigenvalue weighted by Crippen LogP contribution is 2.32. The predicted molar refractivity (Wildman–Crippen MR) is 98.2 cm³/mol. The van der Waals surface area contributed by atoms with Crippen LogP contribution in [0.2, 0.25) is 0 Å². The fraction of sp³-hybridized carbons (Fsp3) is 0.278. The van der Waals surface area contributed by atoms with Gasteiger partial charge in [0, 0.05) is 24.0 Å². The number of rotatable bonds is 3. The van der Waals surface area contributed by atoms with Gasteiger partial charge in [0.15, 0.2) is 0 Å². The maximum Gasteiger partial charge on any atom is 0.246 e. The molecule has 0 saturated heterocycles. The zero-order valence-corrected chi connectivity index (χ0v) is 14.6. The van der Waals surface area contributed by atoms with E-state index in [-0.39, 0.29) is 18.1 Å². The summed E-state index contributed by atoms with van der Waals surface area (Å²) in [5, 5.41) is 2.47. The number of anilines is 3. The average molecular weight is 368 g/mol. The minimum Gasteiger partial charge on any atom is -0.398 e. The van der Waals surface area contributed by atoms with Crippen LogP contribution in [0.3, 0.4) is 0 Å². The largest absolute Gasteiger partial charge is 0.398 e. The number of fused-ring (bicyclic) bond motifs is 1. The van der Waals surface area contributed by atoms with Crippen LogP contribution in [-0.4, -0.2) is 18.5 Å². The number of nitrogens with one attached hydrogen (secondary N) is 1. The van der Waals surface area contributed by atoms with Gasteiger partial charge in [0.05, 0.1) is 5.69 Å². The Morgan fingerprint density at radius 3 is 2.80 bits per heavy atom. The Morgan fingerprint density at radius 1 is 1.28 bits per heavy atom. The standard InChI is InChI=1S/C18H19F2N3O.ClH/c1-11(18(24)22-16-10-12(19)7-8-14(16)20)23-9-3-4-13-15(21)5-2-6-17(13)23;/h2,5-8,10-11H,3-4,9,21H2,1H3,(H,22,24);1H. The summed E-state index contributed by atoms with van der Waals surface area (Å²) in [6.45, 7) is 2.45. The van der Waals surface area contributed by atoms with Crippen molar-refractivity contribution in [1.29, 1.82) is 0 Å². The molecule has 1 amide bonds. The molecule has 0 aliphatic carbocycles. The number of nitrogens with two attached hydrogens (primary N) is 1. The number of hydrogen-bond acceptors (Lipinski definition) is 3. The van der Waals surface area contributed by atoms with Crippen LogP contribution in [0.25, 0.3) is 0 Å². The summed E-state index contributed by atoms with van der Waals surface area (Å²) in [5.74, 6) is -1.66. The first-order valence-electron chi connectivity index (χ1n) is 7.87. The van der Waals surface area contributed by atoms with E-state index in [2.05, 4.69) is 5.32 Å². The number of nitrogen functional groups attached to an aromatic ring is 1. The lowest BCUT2D eigenvalue weighted by Crippen LogP contribution is -2.45. The van der Waals surface area contributed by atoms with Crippen molar-refractivity contribution in [3.05, 3.63) is 53.6 Å². The molecular formula is C18H20ClF2N3O. The molecule has 4 nitrogen and oxygen atoms in total. The number of nitrogens with zero attached hydrogens (tertiary/aromatic N) is 1. The van der Waals surface area contributed by atoms with Gasteiger partial charge in [0.2, 0.25) is 5.91 Å². The number of amides is 1. The molecule has 134 valence electrons. The second-order valence-electron chi connectivity index (χ2n) is 5.93. The zero-order chi connectivity index (χ0) is 17.3. The van der Waals surface area contributed by atoms with E-state index in [0.29, 0.717) is 12.2 Å². The minimum absolute atomic E-state index is 0. The van der Waals surface area contributed by atoms with Crippen LogP contribution in [0.5, 0.6) is 0 Å². The van der Waals surface area contributed by atoms with Crippen molar-refractivity contribution in [2.45, 2.75) is 25.8 Å². The monoisotopic (exact) mass is 367 g/mol. The third kappa shape index (κ3) is 3.85. The lowest BCUT2D eigenvalue weighted by Gasteiger charge is -2.36.